The van der Waals surface area contributed by atoms with Gasteiger partial charge >= 0.3 is 6.03 Å². The summed E-state index contributed by atoms with van der Waals surface area (Å²) in [5.74, 6) is 1.69. The van der Waals surface area contributed by atoms with Gasteiger partial charge in [0, 0.05) is 43.2 Å². The summed E-state index contributed by atoms with van der Waals surface area (Å²) in [7, 11) is 4.71. The first-order chi connectivity index (χ1) is 14.0. The Morgan fingerprint density at radius 1 is 1.07 bits per heavy atom. The van der Waals surface area contributed by atoms with E-state index in [1.54, 1.807) is 38.4 Å². The zero-order valence-electron chi connectivity index (χ0n) is 17.0. The Bertz CT molecular complexity index is 747. The van der Waals surface area contributed by atoms with Gasteiger partial charge in [0.15, 0.2) is 0 Å². The summed E-state index contributed by atoms with van der Waals surface area (Å²) in [5, 5.41) is 2.54. The molecule has 2 saturated heterocycles. The highest BCUT2D eigenvalue weighted by Gasteiger charge is 2.37. The maximum absolute atomic E-state index is 12.7. The van der Waals surface area contributed by atoms with Crippen molar-refractivity contribution in [1.82, 2.24) is 15.1 Å². The highest BCUT2D eigenvalue weighted by atomic mass is 16.5. The number of rotatable bonds is 7. The molecule has 0 unspecified atom stereocenters. The van der Waals surface area contributed by atoms with E-state index < -0.39 is 0 Å². The topological polar surface area (TPSA) is 97.4 Å². The Hall–Kier alpha value is -2.97. The number of imide groups is 1. The molecule has 0 radical (unpaired) electrons. The van der Waals surface area contributed by atoms with Crippen LogP contribution < -0.4 is 19.5 Å². The molecule has 3 rings (SSSR count). The van der Waals surface area contributed by atoms with Crippen molar-refractivity contribution in [3.8, 4) is 17.2 Å². The van der Waals surface area contributed by atoms with Gasteiger partial charge in [-0.25, -0.2) is 4.79 Å². The molecule has 4 amide bonds. The van der Waals surface area contributed by atoms with Gasteiger partial charge in [0.25, 0.3) is 0 Å². The largest absolute Gasteiger partial charge is 0.496 e. The fourth-order valence-electron chi connectivity index (χ4n) is 3.89. The van der Waals surface area contributed by atoms with Crippen LogP contribution in [-0.2, 0) is 16.0 Å². The first-order valence-corrected chi connectivity index (χ1v) is 9.65. The number of nitrogens with one attached hydrogen (secondary N) is 1. The lowest BCUT2D eigenvalue weighted by atomic mass is 10.0. The normalized spacial score (nSPS) is 17.3. The smallest absolute Gasteiger partial charge is 0.324 e. The summed E-state index contributed by atoms with van der Waals surface area (Å²) >= 11 is 0. The molecule has 0 saturated carbocycles. The number of ether oxygens (including phenoxy) is 3. The lowest BCUT2D eigenvalue weighted by molar-refractivity contribution is -0.133. The van der Waals surface area contributed by atoms with Crippen LogP contribution in [0.1, 0.15) is 24.8 Å². The summed E-state index contributed by atoms with van der Waals surface area (Å²) in [6, 6.07) is 3.06. The van der Waals surface area contributed by atoms with E-state index in [1.807, 2.05) is 0 Å². The molecule has 2 aliphatic rings. The number of nitrogens with zero attached hydrogens (tertiary/aromatic N) is 2. The van der Waals surface area contributed by atoms with Crippen molar-refractivity contribution in [2.45, 2.75) is 31.7 Å². The minimum atomic E-state index is -0.335. The summed E-state index contributed by atoms with van der Waals surface area (Å²) in [5.41, 5.74) is 0.818. The third kappa shape index (κ3) is 4.38. The second-order valence-corrected chi connectivity index (χ2v) is 7.04. The number of carbonyl (C=O) groups excluding carboxylic acids is 3. The molecule has 9 nitrogen and oxygen atoms in total. The van der Waals surface area contributed by atoms with Gasteiger partial charge in [0.1, 0.15) is 17.2 Å². The van der Waals surface area contributed by atoms with Gasteiger partial charge in [-0.2, -0.15) is 0 Å². The highest BCUT2D eigenvalue weighted by Crippen LogP contribution is 2.35. The van der Waals surface area contributed by atoms with Crippen LogP contribution in [0.4, 0.5) is 4.79 Å². The molecule has 0 aliphatic carbocycles. The number of urea groups is 1. The molecule has 158 valence electrons. The Kier molecular flexibility index (Phi) is 6.46. The molecule has 0 spiro atoms. The highest BCUT2D eigenvalue weighted by molar-refractivity contribution is 6.02. The van der Waals surface area contributed by atoms with Crippen molar-refractivity contribution < 1.29 is 28.6 Å². The molecule has 0 aromatic heterocycles. The summed E-state index contributed by atoms with van der Waals surface area (Å²) in [4.78, 5) is 39.5. The molecule has 1 aromatic rings. The van der Waals surface area contributed by atoms with E-state index in [2.05, 4.69) is 5.32 Å². The number of hydrogen-bond acceptors (Lipinski definition) is 6. The zero-order chi connectivity index (χ0) is 21.0. The van der Waals surface area contributed by atoms with Gasteiger partial charge in [-0.3, -0.25) is 14.5 Å². The number of amides is 4. The Labute approximate surface area is 169 Å². The van der Waals surface area contributed by atoms with Gasteiger partial charge < -0.3 is 24.4 Å². The average molecular weight is 405 g/mol. The van der Waals surface area contributed by atoms with Gasteiger partial charge in [-0.15, -0.1) is 0 Å². The fourth-order valence-corrected chi connectivity index (χ4v) is 3.89. The summed E-state index contributed by atoms with van der Waals surface area (Å²) < 4.78 is 16.1. The minimum absolute atomic E-state index is 0.0283. The van der Waals surface area contributed by atoms with Crippen molar-refractivity contribution >= 4 is 17.8 Å². The molecular weight excluding hydrogens is 378 g/mol. The maximum Gasteiger partial charge on any atom is 0.324 e. The molecular formula is C20H27N3O6. The number of carbonyl (C=O) groups is 3. The van der Waals surface area contributed by atoms with Crippen LogP contribution >= 0.6 is 0 Å². The van der Waals surface area contributed by atoms with Gasteiger partial charge in [0.2, 0.25) is 11.8 Å². The zero-order valence-corrected chi connectivity index (χ0v) is 17.0. The van der Waals surface area contributed by atoms with E-state index in [4.69, 9.17) is 14.2 Å². The Morgan fingerprint density at radius 2 is 1.69 bits per heavy atom. The molecule has 1 aromatic carbocycles. The van der Waals surface area contributed by atoms with Crippen molar-refractivity contribution in [1.29, 1.82) is 0 Å². The lowest BCUT2D eigenvalue weighted by Crippen LogP contribution is -2.49. The molecule has 0 bridgehead atoms. The predicted molar refractivity (Wildman–Crippen MR) is 104 cm³/mol. The van der Waals surface area contributed by atoms with Crippen molar-refractivity contribution in [3.05, 3.63) is 17.7 Å². The first-order valence-electron chi connectivity index (χ1n) is 9.65. The molecule has 29 heavy (non-hydrogen) atoms. The van der Waals surface area contributed by atoms with E-state index in [9.17, 15) is 14.4 Å². The van der Waals surface area contributed by atoms with Gasteiger partial charge in [-0.1, -0.05) is 0 Å². The van der Waals surface area contributed by atoms with Gasteiger partial charge in [-0.05, 0) is 19.3 Å². The minimum Gasteiger partial charge on any atom is -0.496 e. The van der Waals surface area contributed by atoms with Crippen molar-refractivity contribution in [2.75, 3.05) is 41.0 Å². The van der Waals surface area contributed by atoms with Crippen LogP contribution in [-0.4, -0.2) is 74.7 Å². The average Bonchev–Trinajstić information content (AvgIpc) is 3.09. The van der Waals surface area contributed by atoms with Gasteiger partial charge in [0.05, 0.1) is 27.9 Å². The van der Waals surface area contributed by atoms with Crippen LogP contribution in [0.15, 0.2) is 12.1 Å². The standard InChI is InChI=1S/C20H27N3O6/c1-27-14-10-16(28-2)15(17(11-14)29-3)4-5-18(24)22-8-6-13(7-9-22)23-19(25)12-21-20(23)26/h10-11,13H,4-9,12H2,1-3H3,(H,21,26). The molecule has 2 aliphatic heterocycles. The van der Waals surface area contributed by atoms with Crippen molar-refractivity contribution in [2.24, 2.45) is 0 Å². The lowest BCUT2D eigenvalue weighted by Gasteiger charge is -2.35. The molecule has 1 N–H and O–H groups in total. The summed E-state index contributed by atoms with van der Waals surface area (Å²) in [6.07, 6.45) is 1.98. The SMILES string of the molecule is COc1cc(OC)c(CCC(=O)N2CCC(N3C(=O)CNC3=O)CC2)c(OC)c1. The number of piperidine rings is 1. The summed E-state index contributed by atoms with van der Waals surface area (Å²) in [6.45, 7) is 1.11. The van der Waals surface area contributed by atoms with Crippen LogP contribution in [0, 0.1) is 0 Å². The van der Waals surface area contributed by atoms with E-state index in [0.29, 0.717) is 56.0 Å². The van der Waals surface area contributed by atoms with Crippen LogP contribution in [0.5, 0.6) is 17.2 Å². The second-order valence-electron chi connectivity index (χ2n) is 7.04. The maximum atomic E-state index is 12.7. The third-order valence-corrected chi connectivity index (χ3v) is 5.47. The second kappa shape index (κ2) is 9.02. The number of hydrogen-bond donors (Lipinski definition) is 1. The molecule has 0 atom stereocenters. The van der Waals surface area contributed by atoms with Crippen LogP contribution in [0.3, 0.4) is 0 Å². The Balaban J connectivity index is 1.58. The molecule has 2 fully saturated rings. The fraction of sp³-hybridized carbons (Fsp3) is 0.550. The van der Waals surface area contributed by atoms with E-state index in [-0.39, 0.29) is 30.4 Å². The molecule has 9 heteroatoms. The first kappa shape index (κ1) is 20.8. The van der Waals surface area contributed by atoms with E-state index in [1.165, 1.54) is 4.90 Å². The monoisotopic (exact) mass is 405 g/mol. The predicted octanol–water partition coefficient (Wildman–Crippen LogP) is 1.19. The van der Waals surface area contributed by atoms with Crippen LogP contribution in [0.2, 0.25) is 0 Å². The van der Waals surface area contributed by atoms with E-state index >= 15 is 0 Å². The number of methoxy groups -OCH3 is 3. The number of benzene rings is 1. The molecule has 2 heterocycles. The third-order valence-electron chi connectivity index (χ3n) is 5.47. The van der Waals surface area contributed by atoms with Crippen LogP contribution in [0.25, 0.3) is 0 Å². The number of likely N-dealkylation sites (tertiary alicyclic amines) is 1. The van der Waals surface area contributed by atoms with E-state index in [0.717, 1.165) is 5.56 Å². The quantitative estimate of drug-likeness (QED) is 0.685. The van der Waals surface area contributed by atoms with Crippen molar-refractivity contribution in [3.63, 3.8) is 0 Å². The Morgan fingerprint density at radius 3 is 2.17 bits per heavy atom.